The minimum Gasteiger partial charge on any atom is -0.342 e. The average molecular weight is 588 g/mol. The summed E-state index contributed by atoms with van der Waals surface area (Å²) in [5.74, 6) is 1.55. The van der Waals surface area contributed by atoms with E-state index >= 15 is 0 Å². The normalized spacial score (nSPS) is 14.2. The molecule has 5 rings (SSSR count). The van der Waals surface area contributed by atoms with E-state index in [9.17, 15) is 14.0 Å². The molecular formula is C33H42FN7O2. The van der Waals surface area contributed by atoms with Gasteiger partial charge < -0.3 is 19.3 Å². The summed E-state index contributed by atoms with van der Waals surface area (Å²) in [6.07, 6.45) is 3.09. The topological polar surface area (TPSA) is 79.5 Å². The van der Waals surface area contributed by atoms with Gasteiger partial charge >= 0.3 is 6.03 Å². The summed E-state index contributed by atoms with van der Waals surface area (Å²) in [5, 5.41) is 0. The van der Waals surface area contributed by atoms with Crippen LogP contribution in [0.1, 0.15) is 46.1 Å². The highest BCUT2D eigenvalue weighted by Gasteiger charge is 2.30. The number of carbonyl (C=O) groups excluding carboxylic acids is 1. The maximum absolute atomic E-state index is 13.8. The fourth-order valence-corrected chi connectivity index (χ4v) is 5.93. The first-order valence-corrected chi connectivity index (χ1v) is 15.2. The Labute approximate surface area is 252 Å². The molecule has 2 aromatic heterocycles. The third kappa shape index (κ3) is 6.73. The summed E-state index contributed by atoms with van der Waals surface area (Å²) in [6.45, 7) is 11.5. The molecule has 1 aliphatic heterocycles. The number of anilines is 2. The standard InChI is InChI=1S/C33H42FN7O2/c1-23(2)20-39(21-24(3)4)33(43)41-30(42)14-17-35-31(41)37(5)27-15-18-38(19-16-27)32-36-28-8-6-7-9-29(28)40(32)22-25-10-12-26(34)13-11-25/h6-14,17,23-24,27H,15-16,18-22H2,1-5H3. The van der Waals surface area contributed by atoms with Crippen LogP contribution in [0.25, 0.3) is 11.0 Å². The molecule has 9 nitrogen and oxygen atoms in total. The van der Waals surface area contributed by atoms with Crippen molar-refractivity contribution < 1.29 is 9.18 Å². The molecule has 4 aromatic rings. The lowest BCUT2D eigenvalue weighted by atomic mass is 10.0. The SMILES string of the molecule is CC(C)CN(CC(C)C)C(=O)n1c(N(C)C2CCN(c3nc4ccccc4n3Cc3ccc(F)cc3)CC2)nccc1=O. The van der Waals surface area contributed by atoms with Gasteiger partial charge in [0.25, 0.3) is 5.56 Å². The number of hydrogen-bond acceptors (Lipinski definition) is 6. The molecule has 0 atom stereocenters. The highest BCUT2D eigenvalue weighted by molar-refractivity contribution is 5.80. The Kier molecular flexibility index (Phi) is 9.13. The van der Waals surface area contributed by atoms with Gasteiger partial charge in [-0.2, -0.15) is 4.57 Å². The molecule has 1 fully saturated rings. The molecule has 0 bridgehead atoms. The van der Waals surface area contributed by atoms with Crippen LogP contribution in [0.4, 0.5) is 21.1 Å². The second-order valence-corrected chi connectivity index (χ2v) is 12.3. The van der Waals surface area contributed by atoms with Crippen LogP contribution in [0.2, 0.25) is 0 Å². The molecule has 2 aromatic carbocycles. The van der Waals surface area contributed by atoms with E-state index in [1.54, 1.807) is 4.90 Å². The first-order valence-electron chi connectivity index (χ1n) is 15.2. The molecule has 0 saturated carbocycles. The molecule has 0 spiro atoms. The van der Waals surface area contributed by atoms with E-state index in [4.69, 9.17) is 4.98 Å². The zero-order valence-electron chi connectivity index (χ0n) is 25.8. The van der Waals surface area contributed by atoms with Crippen molar-refractivity contribution in [3.05, 3.63) is 82.5 Å². The zero-order chi connectivity index (χ0) is 30.7. The van der Waals surface area contributed by atoms with E-state index in [0.29, 0.717) is 25.6 Å². The van der Waals surface area contributed by atoms with E-state index in [2.05, 4.69) is 48.2 Å². The summed E-state index contributed by atoms with van der Waals surface area (Å²) >= 11 is 0. The van der Waals surface area contributed by atoms with Gasteiger partial charge in [0.1, 0.15) is 5.82 Å². The average Bonchev–Trinajstić information content (AvgIpc) is 3.35. The van der Waals surface area contributed by atoms with Crippen LogP contribution in [-0.4, -0.2) is 69.3 Å². The van der Waals surface area contributed by atoms with Gasteiger partial charge in [-0.1, -0.05) is 52.0 Å². The van der Waals surface area contributed by atoms with Crippen molar-refractivity contribution in [2.75, 3.05) is 43.0 Å². The number of benzene rings is 2. The maximum atomic E-state index is 13.8. The number of halogens is 1. The Morgan fingerprint density at radius 1 is 0.977 bits per heavy atom. The van der Waals surface area contributed by atoms with Crippen molar-refractivity contribution >= 4 is 29.0 Å². The monoisotopic (exact) mass is 587 g/mol. The summed E-state index contributed by atoms with van der Waals surface area (Å²) < 4.78 is 17.0. The Balaban J connectivity index is 1.37. The predicted molar refractivity (Wildman–Crippen MR) is 169 cm³/mol. The van der Waals surface area contributed by atoms with Gasteiger partial charge in [-0.15, -0.1) is 0 Å². The summed E-state index contributed by atoms with van der Waals surface area (Å²) in [5.41, 5.74) is 2.58. The van der Waals surface area contributed by atoms with Crippen molar-refractivity contribution in [1.82, 2.24) is 24.0 Å². The second-order valence-electron chi connectivity index (χ2n) is 12.3. The molecule has 3 heterocycles. The number of nitrogens with zero attached hydrogens (tertiary/aromatic N) is 7. The molecule has 228 valence electrons. The zero-order valence-corrected chi connectivity index (χ0v) is 25.8. The number of hydrogen-bond donors (Lipinski definition) is 0. The second kappa shape index (κ2) is 13.0. The fraction of sp³-hybridized carbons (Fsp3) is 0.455. The summed E-state index contributed by atoms with van der Waals surface area (Å²) in [7, 11) is 1.92. The first kappa shape index (κ1) is 30.3. The molecule has 1 aliphatic rings. The smallest absolute Gasteiger partial charge is 0.334 e. The van der Waals surface area contributed by atoms with E-state index in [-0.39, 0.29) is 35.3 Å². The van der Waals surface area contributed by atoms with Crippen LogP contribution in [0.15, 0.2) is 65.6 Å². The number of para-hydroxylation sites is 2. The largest absolute Gasteiger partial charge is 0.342 e. The van der Waals surface area contributed by atoms with E-state index in [0.717, 1.165) is 48.5 Å². The molecule has 0 unspecified atom stereocenters. The third-order valence-electron chi connectivity index (χ3n) is 7.96. The first-order chi connectivity index (χ1) is 20.6. The van der Waals surface area contributed by atoms with Crippen LogP contribution in [0.3, 0.4) is 0 Å². The van der Waals surface area contributed by atoms with Gasteiger partial charge in [-0.25, -0.2) is 19.2 Å². The van der Waals surface area contributed by atoms with Crippen LogP contribution >= 0.6 is 0 Å². The van der Waals surface area contributed by atoms with Crippen LogP contribution < -0.4 is 15.4 Å². The Hall–Kier alpha value is -4.21. The number of fused-ring (bicyclic) bond motifs is 1. The molecule has 1 amide bonds. The number of carbonyl (C=O) groups is 1. The molecule has 0 aliphatic carbocycles. The van der Waals surface area contributed by atoms with Gasteiger partial charge in [0, 0.05) is 51.5 Å². The fourth-order valence-electron chi connectivity index (χ4n) is 5.93. The highest BCUT2D eigenvalue weighted by Crippen LogP contribution is 2.28. The quantitative estimate of drug-likeness (QED) is 0.259. The lowest BCUT2D eigenvalue weighted by molar-refractivity contribution is 0.184. The summed E-state index contributed by atoms with van der Waals surface area (Å²) in [6, 6.07) is 15.8. The van der Waals surface area contributed by atoms with Gasteiger partial charge in [-0.05, 0) is 54.5 Å². The predicted octanol–water partition coefficient (Wildman–Crippen LogP) is 5.47. The van der Waals surface area contributed by atoms with Crippen molar-refractivity contribution in [3.8, 4) is 0 Å². The van der Waals surface area contributed by atoms with E-state index < -0.39 is 0 Å². The van der Waals surface area contributed by atoms with Crippen molar-refractivity contribution in [3.63, 3.8) is 0 Å². The molecule has 10 heteroatoms. The molecular weight excluding hydrogens is 545 g/mol. The Morgan fingerprint density at radius 2 is 1.63 bits per heavy atom. The summed E-state index contributed by atoms with van der Waals surface area (Å²) in [4.78, 5) is 42.4. The van der Waals surface area contributed by atoms with Gasteiger partial charge in [0.2, 0.25) is 11.9 Å². The van der Waals surface area contributed by atoms with Crippen LogP contribution in [-0.2, 0) is 6.54 Å². The minimum absolute atomic E-state index is 0.0863. The molecule has 0 radical (unpaired) electrons. The maximum Gasteiger partial charge on any atom is 0.334 e. The number of aromatic nitrogens is 4. The van der Waals surface area contributed by atoms with Crippen molar-refractivity contribution in [2.24, 2.45) is 11.8 Å². The number of amides is 1. The molecule has 0 N–H and O–H groups in total. The Bertz CT molecular complexity index is 1590. The van der Waals surface area contributed by atoms with Crippen molar-refractivity contribution in [1.29, 1.82) is 0 Å². The Morgan fingerprint density at radius 3 is 2.28 bits per heavy atom. The van der Waals surface area contributed by atoms with Gasteiger partial charge in [0.15, 0.2) is 0 Å². The molecule has 1 saturated heterocycles. The molecule has 43 heavy (non-hydrogen) atoms. The number of imidazole rings is 1. The van der Waals surface area contributed by atoms with E-state index in [1.165, 1.54) is 29.0 Å². The number of rotatable bonds is 9. The van der Waals surface area contributed by atoms with Gasteiger partial charge in [0.05, 0.1) is 17.6 Å². The van der Waals surface area contributed by atoms with E-state index in [1.807, 2.05) is 42.3 Å². The van der Waals surface area contributed by atoms with Crippen LogP contribution in [0.5, 0.6) is 0 Å². The highest BCUT2D eigenvalue weighted by atomic mass is 19.1. The third-order valence-corrected chi connectivity index (χ3v) is 7.96. The lowest BCUT2D eigenvalue weighted by Crippen LogP contribution is -2.49. The van der Waals surface area contributed by atoms with Crippen molar-refractivity contribution in [2.45, 2.75) is 53.1 Å². The number of piperidine rings is 1. The van der Waals surface area contributed by atoms with Crippen LogP contribution in [0, 0.1) is 17.7 Å². The lowest BCUT2D eigenvalue weighted by Gasteiger charge is -2.38. The van der Waals surface area contributed by atoms with Gasteiger partial charge in [-0.3, -0.25) is 4.79 Å². The minimum atomic E-state index is -0.369.